The lowest BCUT2D eigenvalue weighted by molar-refractivity contribution is 0.192. The molecule has 3 rings (SSSR count). The first-order chi connectivity index (χ1) is 11.1. The van der Waals surface area contributed by atoms with Crippen molar-refractivity contribution in [1.82, 2.24) is 9.46 Å². The maximum absolute atomic E-state index is 13.2. The minimum Gasteiger partial charge on any atom is -0.356 e. The second-order valence-corrected chi connectivity index (χ2v) is 7.77. The van der Waals surface area contributed by atoms with E-state index in [-0.39, 0.29) is 29.3 Å². The fraction of sp³-hybridized carbons (Fsp3) is 0.438. The Morgan fingerprint density at radius 3 is 2.75 bits per heavy atom. The lowest BCUT2D eigenvalue weighted by Gasteiger charge is -2.38. The van der Waals surface area contributed by atoms with E-state index in [2.05, 4.69) is 12.1 Å². The number of hydrogen-bond acceptors (Lipinski definition) is 5. The van der Waals surface area contributed by atoms with Crippen LogP contribution in [0.15, 0.2) is 45.9 Å². The highest BCUT2D eigenvalue weighted by molar-refractivity contribution is 7.89. The number of nitrogens with zero attached hydrogens (tertiary/aromatic N) is 2. The third-order valence-electron chi connectivity index (χ3n) is 4.48. The molecule has 2 atom stereocenters. The molecule has 2 heterocycles. The summed E-state index contributed by atoms with van der Waals surface area (Å²) < 4.78 is 33.2. The van der Waals surface area contributed by atoms with Crippen LogP contribution >= 0.6 is 12.4 Å². The van der Waals surface area contributed by atoms with Gasteiger partial charge in [0.05, 0.1) is 11.1 Å². The quantitative estimate of drug-likeness (QED) is 0.891. The molecule has 2 aromatic rings. The lowest BCUT2D eigenvalue weighted by atomic mass is 9.93. The van der Waals surface area contributed by atoms with Gasteiger partial charge in [-0.05, 0) is 30.9 Å². The minimum absolute atomic E-state index is 0. The van der Waals surface area contributed by atoms with Gasteiger partial charge in [0.1, 0.15) is 0 Å². The van der Waals surface area contributed by atoms with Crippen LogP contribution in [-0.4, -0.2) is 37.0 Å². The van der Waals surface area contributed by atoms with Gasteiger partial charge in [0, 0.05) is 30.8 Å². The summed E-state index contributed by atoms with van der Waals surface area (Å²) in [6, 6.07) is 8.34. The molecule has 0 saturated carbocycles. The minimum atomic E-state index is -3.65. The molecule has 6 nitrogen and oxygen atoms in total. The van der Waals surface area contributed by atoms with Crippen LogP contribution in [-0.2, 0) is 10.0 Å². The highest BCUT2D eigenvalue weighted by Gasteiger charge is 2.37. The molecule has 0 spiro atoms. The molecule has 2 unspecified atom stereocenters. The number of rotatable bonds is 4. The Hall–Kier alpha value is -1.41. The van der Waals surface area contributed by atoms with E-state index >= 15 is 0 Å². The predicted octanol–water partition coefficient (Wildman–Crippen LogP) is 2.51. The van der Waals surface area contributed by atoms with Crippen molar-refractivity contribution < 1.29 is 12.9 Å². The Morgan fingerprint density at radius 1 is 1.33 bits per heavy atom. The summed E-state index contributed by atoms with van der Waals surface area (Å²) in [6.45, 7) is 2.88. The Kier molecular flexibility index (Phi) is 6.03. The zero-order valence-electron chi connectivity index (χ0n) is 13.5. The van der Waals surface area contributed by atoms with Gasteiger partial charge in [-0.1, -0.05) is 24.2 Å². The number of sulfonamides is 1. The average Bonchev–Trinajstić information content (AvgIpc) is 3.09. The normalized spacial score (nSPS) is 22.1. The van der Waals surface area contributed by atoms with E-state index in [1.165, 1.54) is 6.20 Å². The summed E-state index contributed by atoms with van der Waals surface area (Å²) in [5, 5.41) is 3.67. The highest BCUT2D eigenvalue weighted by Crippen LogP contribution is 2.33. The maximum Gasteiger partial charge on any atom is 0.244 e. The van der Waals surface area contributed by atoms with E-state index in [4.69, 9.17) is 10.3 Å². The van der Waals surface area contributed by atoms with Crippen LogP contribution in [0, 0.1) is 5.92 Å². The van der Waals surface area contributed by atoms with Gasteiger partial charge in [0.2, 0.25) is 10.0 Å². The molecule has 1 saturated heterocycles. The Bertz CT molecular complexity index is 765. The third-order valence-corrected chi connectivity index (χ3v) is 6.47. The van der Waals surface area contributed by atoms with Crippen LogP contribution < -0.4 is 5.73 Å². The van der Waals surface area contributed by atoms with Crippen LogP contribution in [0.3, 0.4) is 0 Å². The summed E-state index contributed by atoms with van der Waals surface area (Å²) in [6.07, 6.45) is 3.35. The van der Waals surface area contributed by atoms with E-state index < -0.39 is 10.0 Å². The standard InChI is InChI=1S/C16H21N3O3S.ClH/c1-12-5-4-10-19(14(12)11-17)23(20,21)16-7-3-2-6-13(16)15-8-9-18-22-15;/h2-3,6-9,12,14H,4-5,10-11,17H2,1H3;1H. The molecule has 1 fully saturated rings. The van der Waals surface area contributed by atoms with Crippen LogP contribution in [0.4, 0.5) is 0 Å². The van der Waals surface area contributed by atoms with Gasteiger partial charge in [0.25, 0.3) is 0 Å². The van der Waals surface area contributed by atoms with Crippen molar-refractivity contribution in [2.75, 3.05) is 13.1 Å². The van der Waals surface area contributed by atoms with Crippen LogP contribution in [0.5, 0.6) is 0 Å². The first-order valence-corrected chi connectivity index (χ1v) is 9.21. The molecule has 132 valence electrons. The third kappa shape index (κ3) is 3.35. The molecule has 8 heteroatoms. The molecule has 0 amide bonds. The SMILES string of the molecule is CC1CCCN(S(=O)(=O)c2ccccc2-c2ccno2)C1CN.Cl. The van der Waals surface area contributed by atoms with Gasteiger partial charge in [-0.3, -0.25) is 0 Å². The molecule has 0 radical (unpaired) electrons. The van der Waals surface area contributed by atoms with Crippen molar-refractivity contribution in [2.45, 2.75) is 30.7 Å². The van der Waals surface area contributed by atoms with Crippen molar-refractivity contribution >= 4 is 22.4 Å². The summed E-state index contributed by atoms with van der Waals surface area (Å²) in [7, 11) is -3.65. The smallest absolute Gasteiger partial charge is 0.244 e. The van der Waals surface area contributed by atoms with E-state index in [0.29, 0.717) is 24.4 Å². The molecule has 1 aliphatic rings. The number of nitrogens with two attached hydrogens (primary N) is 1. The lowest BCUT2D eigenvalue weighted by Crippen LogP contribution is -2.51. The fourth-order valence-electron chi connectivity index (χ4n) is 3.24. The number of piperidine rings is 1. The summed E-state index contributed by atoms with van der Waals surface area (Å²) >= 11 is 0. The van der Waals surface area contributed by atoms with Crippen LogP contribution in [0.2, 0.25) is 0 Å². The van der Waals surface area contributed by atoms with Crippen molar-refractivity contribution in [1.29, 1.82) is 0 Å². The molecular weight excluding hydrogens is 350 g/mol. The first kappa shape index (κ1) is 18.9. The summed E-state index contributed by atoms with van der Waals surface area (Å²) in [5.41, 5.74) is 6.38. The molecule has 1 aromatic heterocycles. The Labute approximate surface area is 148 Å². The van der Waals surface area contributed by atoms with E-state index in [0.717, 1.165) is 12.8 Å². The van der Waals surface area contributed by atoms with Crippen LogP contribution in [0.1, 0.15) is 19.8 Å². The Balaban J connectivity index is 0.00000208. The summed E-state index contributed by atoms with van der Waals surface area (Å²) in [5.74, 6) is 0.694. The second kappa shape index (κ2) is 7.65. The second-order valence-electron chi connectivity index (χ2n) is 5.91. The molecular formula is C16H22ClN3O3S. The van der Waals surface area contributed by atoms with Gasteiger partial charge in [-0.25, -0.2) is 8.42 Å². The monoisotopic (exact) mass is 371 g/mol. The van der Waals surface area contributed by atoms with Crippen LogP contribution in [0.25, 0.3) is 11.3 Å². The maximum atomic E-state index is 13.2. The van der Waals surface area contributed by atoms with Crippen molar-refractivity contribution in [3.63, 3.8) is 0 Å². The molecule has 1 aromatic carbocycles. The molecule has 0 aliphatic carbocycles. The van der Waals surface area contributed by atoms with Gasteiger partial charge < -0.3 is 10.3 Å². The molecule has 1 aliphatic heterocycles. The van der Waals surface area contributed by atoms with Crippen molar-refractivity contribution in [3.8, 4) is 11.3 Å². The van der Waals surface area contributed by atoms with Gasteiger partial charge >= 0.3 is 0 Å². The Morgan fingerprint density at radius 2 is 2.08 bits per heavy atom. The molecule has 24 heavy (non-hydrogen) atoms. The van der Waals surface area contributed by atoms with E-state index in [9.17, 15) is 8.42 Å². The largest absolute Gasteiger partial charge is 0.356 e. The topological polar surface area (TPSA) is 89.4 Å². The number of hydrogen-bond donors (Lipinski definition) is 1. The van der Waals surface area contributed by atoms with Gasteiger partial charge in [-0.2, -0.15) is 4.31 Å². The highest BCUT2D eigenvalue weighted by atomic mass is 35.5. The van der Waals surface area contributed by atoms with E-state index in [1.54, 1.807) is 34.6 Å². The van der Waals surface area contributed by atoms with Crippen molar-refractivity contribution in [3.05, 3.63) is 36.5 Å². The predicted molar refractivity (Wildman–Crippen MR) is 94.3 cm³/mol. The zero-order chi connectivity index (χ0) is 16.4. The van der Waals surface area contributed by atoms with Crippen molar-refractivity contribution in [2.24, 2.45) is 11.7 Å². The van der Waals surface area contributed by atoms with Gasteiger partial charge in [0.15, 0.2) is 5.76 Å². The molecule has 0 bridgehead atoms. The number of aromatic nitrogens is 1. The molecule has 2 N–H and O–H groups in total. The number of benzene rings is 1. The first-order valence-electron chi connectivity index (χ1n) is 7.77. The summed E-state index contributed by atoms with van der Waals surface area (Å²) in [4.78, 5) is 0.240. The fourth-order valence-corrected chi connectivity index (χ4v) is 5.21. The zero-order valence-corrected chi connectivity index (χ0v) is 15.1. The average molecular weight is 372 g/mol. The van der Waals surface area contributed by atoms with Gasteiger partial charge in [-0.15, -0.1) is 12.4 Å². The number of halogens is 1. The van der Waals surface area contributed by atoms with E-state index in [1.807, 2.05) is 0 Å².